The second-order valence-corrected chi connectivity index (χ2v) is 7.63. The van der Waals surface area contributed by atoms with Crippen LogP contribution >= 0.6 is 27.7 Å². The molecule has 4 heteroatoms. The smallest absolute Gasteiger partial charge is 0.161 e. The van der Waals surface area contributed by atoms with E-state index < -0.39 is 0 Å². The van der Waals surface area contributed by atoms with Crippen LogP contribution < -0.4 is 0 Å². The monoisotopic (exact) mass is 347 g/mol. The summed E-state index contributed by atoms with van der Waals surface area (Å²) in [6, 6.07) is 8.40. The fourth-order valence-electron chi connectivity index (χ4n) is 3.43. The van der Waals surface area contributed by atoms with Gasteiger partial charge in [0.05, 0.1) is 5.25 Å². The largest absolute Gasteiger partial charge is 0.294 e. The molecule has 0 amide bonds. The van der Waals surface area contributed by atoms with E-state index >= 15 is 0 Å². The van der Waals surface area contributed by atoms with Crippen molar-refractivity contribution in [3.63, 3.8) is 0 Å². The van der Waals surface area contributed by atoms with Crippen LogP contribution in [0.25, 0.3) is 0 Å². The van der Waals surface area contributed by atoms with Crippen LogP contribution in [0.5, 0.6) is 0 Å². The van der Waals surface area contributed by atoms with Gasteiger partial charge in [0.2, 0.25) is 0 Å². The van der Waals surface area contributed by atoms with E-state index in [9.17, 15) is 4.79 Å². The van der Waals surface area contributed by atoms with Crippen molar-refractivity contribution in [1.82, 2.24) is 0 Å². The minimum atomic E-state index is 0.206. The van der Waals surface area contributed by atoms with Gasteiger partial charge in [0.25, 0.3) is 0 Å². The molecule has 1 aromatic carbocycles. The Kier molecular flexibility index (Phi) is 3.11. The first kappa shape index (κ1) is 12.8. The Morgan fingerprint density at radius 1 is 1.25 bits per heavy atom. The SMILES string of the molecule is O=C1CCC2=C1C(c1cccc(Br)c1)C1SCCC1=N2. The van der Waals surface area contributed by atoms with Gasteiger partial charge >= 0.3 is 0 Å². The van der Waals surface area contributed by atoms with Gasteiger partial charge in [-0.1, -0.05) is 28.1 Å². The lowest BCUT2D eigenvalue weighted by molar-refractivity contribution is -0.115. The standard InChI is InChI=1S/C16H14BrNOS/c17-10-3-1-2-9(8-10)14-15-11(4-5-13(15)19)18-12-6-7-20-16(12)14/h1-3,8,14,16H,4-7H2. The maximum atomic E-state index is 12.3. The van der Waals surface area contributed by atoms with Gasteiger partial charge in [-0.25, -0.2) is 0 Å². The molecule has 1 saturated heterocycles. The Hall–Kier alpha value is -0.870. The van der Waals surface area contributed by atoms with Crippen LogP contribution in [0.3, 0.4) is 0 Å². The lowest BCUT2D eigenvalue weighted by Gasteiger charge is -2.29. The molecule has 2 unspecified atom stereocenters. The van der Waals surface area contributed by atoms with E-state index in [1.165, 1.54) is 11.3 Å². The molecule has 102 valence electrons. The summed E-state index contributed by atoms with van der Waals surface area (Å²) in [5.41, 5.74) is 4.60. The third kappa shape index (κ3) is 1.92. The maximum Gasteiger partial charge on any atom is 0.161 e. The summed E-state index contributed by atoms with van der Waals surface area (Å²) in [6.45, 7) is 0. The Balaban J connectivity index is 1.87. The second-order valence-electron chi connectivity index (χ2n) is 5.46. The van der Waals surface area contributed by atoms with Gasteiger partial charge in [-0.2, -0.15) is 11.8 Å². The summed E-state index contributed by atoms with van der Waals surface area (Å²) in [7, 11) is 0. The number of aliphatic imine (C=N–C) groups is 1. The quantitative estimate of drug-likeness (QED) is 0.764. The molecule has 4 rings (SSSR count). The highest BCUT2D eigenvalue weighted by atomic mass is 79.9. The molecule has 2 heterocycles. The molecule has 0 aromatic heterocycles. The Morgan fingerprint density at radius 3 is 3.00 bits per heavy atom. The number of allylic oxidation sites excluding steroid dienone is 2. The van der Waals surface area contributed by atoms with E-state index in [1.54, 1.807) is 0 Å². The fraction of sp³-hybridized carbons (Fsp3) is 0.375. The van der Waals surface area contributed by atoms with Gasteiger partial charge in [-0.15, -0.1) is 0 Å². The minimum Gasteiger partial charge on any atom is -0.294 e. The van der Waals surface area contributed by atoms with Crippen molar-refractivity contribution in [2.24, 2.45) is 4.99 Å². The summed E-state index contributed by atoms with van der Waals surface area (Å²) >= 11 is 5.50. The predicted molar refractivity (Wildman–Crippen MR) is 86.4 cm³/mol. The van der Waals surface area contributed by atoms with Crippen molar-refractivity contribution in [3.05, 3.63) is 45.6 Å². The van der Waals surface area contributed by atoms with Crippen molar-refractivity contribution >= 4 is 39.2 Å². The Morgan fingerprint density at radius 2 is 2.15 bits per heavy atom. The molecule has 20 heavy (non-hydrogen) atoms. The molecule has 0 saturated carbocycles. The minimum absolute atomic E-state index is 0.206. The first-order chi connectivity index (χ1) is 9.74. The topological polar surface area (TPSA) is 29.4 Å². The van der Waals surface area contributed by atoms with Crippen molar-refractivity contribution in [1.29, 1.82) is 0 Å². The number of Topliss-reactive ketones (excluding diaryl/α,β-unsaturated/α-hetero) is 1. The molecule has 0 bridgehead atoms. The van der Waals surface area contributed by atoms with Crippen LogP contribution in [0, 0.1) is 0 Å². The molecule has 1 aromatic rings. The average Bonchev–Trinajstić information content (AvgIpc) is 3.04. The van der Waals surface area contributed by atoms with E-state index in [2.05, 4.69) is 34.1 Å². The number of carbonyl (C=O) groups excluding carboxylic acids is 1. The predicted octanol–water partition coefficient (Wildman–Crippen LogP) is 4.11. The van der Waals surface area contributed by atoms with E-state index in [4.69, 9.17) is 4.99 Å². The molecule has 0 radical (unpaired) electrons. The molecule has 3 aliphatic rings. The summed E-state index contributed by atoms with van der Waals surface area (Å²) in [4.78, 5) is 17.1. The van der Waals surface area contributed by atoms with Crippen LogP contribution in [0.15, 0.2) is 45.0 Å². The fourth-order valence-corrected chi connectivity index (χ4v) is 5.28. The van der Waals surface area contributed by atoms with Crippen molar-refractivity contribution in [3.8, 4) is 0 Å². The average molecular weight is 348 g/mol. The molecule has 1 aliphatic carbocycles. The van der Waals surface area contributed by atoms with Gasteiger partial charge in [0.15, 0.2) is 5.78 Å². The second kappa shape index (κ2) is 4.85. The van der Waals surface area contributed by atoms with Gasteiger partial charge in [-0.3, -0.25) is 9.79 Å². The van der Waals surface area contributed by atoms with Gasteiger partial charge in [0, 0.05) is 33.8 Å². The number of thioether (sulfide) groups is 1. The zero-order valence-electron chi connectivity index (χ0n) is 10.9. The number of halogens is 1. The molecule has 0 N–H and O–H groups in total. The van der Waals surface area contributed by atoms with E-state index in [-0.39, 0.29) is 5.92 Å². The summed E-state index contributed by atoms with van der Waals surface area (Å²) in [5.74, 6) is 1.64. The number of ketones is 1. The van der Waals surface area contributed by atoms with E-state index in [0.29, 0.717) is 17.5 Å². The van der Waals surface area contributed by atoms with Crippen molar-refractivity contribution < 1.29 is 4.79 Å². The van der Waals surface area contributed by atoms with Gasteiger partial charge in [-0.05, 0) is 36.3 Å². The summed E-state index contributed by atoms with van der Waals surface area (Å²) < 4.78 is 1.08. The number of benzene rings is 1. The lowest BCUT2D eigenvalue weighted by atomic mass is 9.83. The Bertz CT molecular complexity index is 664. The molecular formula is C16H14BrNOS. The number of rotatable bonds is 1. The molecule has 2 atom stereocenters. The molecule has 2 nitrogen and oxygen atoms in total. The third-order valence-electron chi connectivity index (χ3n) is 4.28. The van der Waals surface area contributed by atoms with Crippen molar-refractivity contribution in [2.75, 3.05) is 5.75 Å². The number of hydrogen-bond donors (Lipinski definition) is 0. The highest BCUT2D eigenvalue weighted by Gasteiger charge is 2.43. The van der Waals surface area contributed by atoms with Crippen LogP contribution in [0.4, 0.5) is 0 Å². The van der Waals surface area contributed by atoms with Crippen LogP contribution in [-0.4, -0.2) is 22.5 Å². The lowest BCUT2D eigenvalue weighted by Crippen LogP contribution is -2.28. The molecule has 1 fully saturated rings. The summed E-state index contributed by atoms with van der Waals surface area (Å²) in [6.07, 6.45) is 2.55. The number of carbonyl (C=O) groups is 1. The maximum absolute atomic E-state index is 12.3. The highest BCUT2D eigenvalue weighted by Crippen LogP contribution is 2.48. The van der Waals surface area contributed by atoms with Crippen molar-refractivity contribution in [2.45, 2.75) is 30.4 Å². The number of hydrogen-bond acceptors (Lipinski definition) is 3. The third-order valence-corrected chi connectivity index (χ3v) is 6.12. The Labute approximate surface area is 130 Å². The molecular weight excluding hydrogens is 334 g/mol. The van der Waals surface area contributed by atoms with Crippen LogP contribution in [-0.2, 0) is 4.79 Å². The van der Waals surface area contributed by atoms with Crippen LogP contribution in [0.2, 0.25) is 0 Å². The zero-order valence-corrected chi connectivity index (χ0v) is 13.3. The summed E-state index contributed by atoms with van der Waals surface area (Å²) in [5, 5.41) is 0.366. The van der Waals surface area contributed by atoms with Gasteiger partial charge in [0.1, 0.15) is 0 Å². The van der Waals surface area contributed by atoms with Crippen LogP contribution in [0.1, 0.15) is 30.7 Å². The first-order valence-corrected chi connectivity index (χ1v) is 8.79. The zero-order chi connectivity index (χ0) is 13.7. The molecule has 2 aliphatic heterocycles. The highest BCUT2D eigenvalue weighted by molar-refractivity contribution is 9.10. The van der Waals surface area contributed by atoms with E-state index in [0.717, 1.165) is 34.3 Å². The number of fused-ring (bicyclic) bond motifs is 1. The van der Waals surface area contributed by atoms with Gasteiger partial charge < -0.3 is 0 Å². The number of nitrogens with zero attached hydrogens (tertiary/aromatic N) is 1. The first-order valence-electron chi connectivity index (χ1n) is 6.95. The molecule has 0 spiro atoms. The van der Waals surface area contributed by atoms with E-state index in [1.807, 2.05) is 17.8 Å². The normalized spacial score (nSPS) is 28.4.